The highest BCUT2D eigenvalue weighted by Crippen LogP contribution is 2.47. The average Bonchev–Trinajstić information content (AvgIpc) is 3.01. The monoisotopic (exact) mass is 245 g/mol. The second-order valence-corrected chi connectivity index (χ2v) is 5.32. The van der Waals surface area contributed by atoms with Gasteiger partial charge in [-0.05, 0) is 19.8 Å². The van der Waals surface area contributed by atoms with E-state index in [9.17, 15) is 4.39 Å². The highest BCUT2D eigenvalue weighted by Gasteiger charge is 2.45. The lowest BCUT2D eigenvalue weighted by Crippen LogP contribution is -2.31. The van der Waals surface area contributed by atoms with Gasteiger partial charge in [-0.2, -0.15) is 0 Å². The van der Waals surface area contributed by atoms with Crippen LogP contribution in [0.15, 0.2) is 0 Å². The minimum atomic E-state index is -0.618. The van der Waals surface area contributed by atoms with E-state index in [1.165, 1.54) is 12.8 Å². The molecular formula is C14H28FNO. The maximum atomic E-state index is 13.3. The van der Waals surface area contributed by atoms with Crippen LogP contribution in [0.2, 0.25) is 0 Å². The molecule has 0 N–H and O–H groups in total. The Bertz CT molecular complexity index is 208. The second kappa shape index (κ2) is 6.69. The molecule has 2 atom stereocenters. The lowest BCUT2D eigenvalue weighted by molar-refractivity contribution is 0.0818. The standard InChI is InChI=1S/C12H22FNO.C2H6/c1-3-15-9-12(4-5-12)8-14-6-10(2)11(13)7-14;1-2/h10-11H,3-9H2,1-2H3;1-2H3. The van der Waals surface area contributed by atoms with Crippen molar-refractivity contribution < 1.29 is 9.13 Å². The first-order chi connectivity index (χ1) is 8.15. The molecule has 2 nitrogen and oxygen atoms in total. The molecule has 0 radical (unpaired) electrons. The number of alkyl halides is 1. The summed E-state index contributed by atoms with van der Waals surface area (Å²) >= 11 is 0. The molecule has 0 spiro atoms. The van der Waals surface area contributed by atoms with Crippen molar-refractivity contribution in [2.75, 3.05) is 32.8 Å². The van der Waals surface area contributed by atoms with Gasteiger partial charge in [0.25, 0.3) is 0 Å². The van der Waals surface area contributed by atoms with Gasteiger partial charge in [0, 0.05) is 37.6 Å². The molecule has 0 amide bonds. The first kappa shape index (κ1) is 14.9. The molecule has 1 aliphatic heterocycles. The minimum absolute atomic E-state index is 0.216. The Hall–Kier alpha value is -0.150. The fourth-order valence-electron chi connectivity index (χ4n) is 2.47. The summed E-state index contributed by atoms with van der Waals surface area (Å²) in [5.41, 5.74) is 0.375. The fourth-order valence-corrected chi connectivity index (χ4v) is 2.47. The fraction of sp³-hybridized carbons (Fsp3) is 1.00. The van der Waals surface area contributed by atoms with Crippen LogP contribution in [0.5, 0.6) is 0 Å². The molecule has 0 aromatic carbocycles. The third-order valence-corrected chi connectivity index (χ3v) is 3.72. The van der Waals surface area contributed by atoms with Gasteiger partial charge < -0.3 is 4.74 Å². The van der Waals surface area contributed by atoms with Gasteiger partial charge in [0.15, 0.2) is 0 Å². The minimum Gasteiger partial charge on any atom is -0.381 e. The van der Waals surface area contributed by atoms with Crippen molar-refractivity contribution in [2.45, 2.75) is 46.7 Å². The van der Waals surface area contributed by atoms with Gasteiger partial charge in [-0.15, -0.1) is 0 Å². The number of nitrogens with zero attached hydrogens (tertiary/aromatic N) is 1. The van der Waals surface area contributed by atoms with E-state index in [0.717, 1.165) is 26.3 Å². The predicted molar refractivity (Wildman–Crippen MR) is 70.0 cm³/mol. The molecular weight excluding hydrogens is 217 g/mol. The number of ether oxygens (including phenoxy) is 1. The molecule has 2 rings (SSSR count). The van der Waals surface area contributed by atoms with Crippen LogP contribution < -0.4 is 0 Å². The molecule has 2 aliphatic rings. The van der Waals surface area contributed by atoms with Gasteiger partial charge in [0.1, 0.15) is 6.17 Å². The Balaban J connectivity index is 0.000000686. The van der Waals surface area contributed by atoms with Crippen molar-refractivity contribution in [3.63, 3.8) is 0 Å². The first-order valence-electron chi connectivity index (χ1n) is 7.09. The molecule has 17 heavy (non-hydrogen) atoms. The lowest BCUT2D eigenvalue weighted by atomic mass is 10.1. The van der Waals surface area contributed by atoms with Crippen LogP contribution in [0, 0.1) is 11.3 Å². The molecule has 102 valence electrons. The second-order valence-electron chi connectivity index (χ2n) is 5.32. The molecule has 3 heteroatoms. The highest BCUT2D eigenvalue weighted by molar-refractivity contribution is 4.97. The summed E-state index contributed by atoms with van der Waals surface area (Å²) in [6.45, 7) is 12.3. The Labute approximate surface area is 106 Å². The Morgan fingerprint density at radius 3 is 2.35 bits per heavy atom. The van der Waals surface area contributed by atoms with E-state index in [1.807, 2.05) is 27.7 Å². The Morgan fingerprint density at radius 2 is 1.94 bits per heavy atom. The molecule has 2 unspecified atom stereocenters. The van der Waals surface area contributed by atoms with E-state index in [0.29, 0.717) is 12.0 Å². The van der Waals surface area contributed by atoms with Gasteiger partial charge >= 0.3 is 0 Å². The van der Waals surface area contributed by atoms with Crippen LogP contribution in [0.1, 0.15) is 40.5 Å². The van der Waals surface area contributed by atoms with E-state index in [-0.39, 0.29) is 5.92 Å². The maximum Gasteiger partial charge on any atom is 0.116 e. The van der Waals surface area contributed by atoms with Crippen molar-refractivity contribution >= 4 is 0 Å². The summed E-state index contributed by atoms with van der Waals surface area (Å²) in [7, 11) is 0. The number of hydrogen-bond donors (Lipinski definition) is 0. The quantitative estimate of drug-likeness (QED) is 0.738. The lowest BCUT2D eigenvalue weighted by Gasteiger charge is -2.22. The van der Waals surface area contributed by atoms with Crippen molar-refractivity contribution in [1.29, 1.82) is 0 Å². The molecule has 1 heterocycles. The van der Waals surface area contributed by atoms with Gasteiger partial charge in [-0.25, -0.2) is 4.39 Å². The zero-order chi connectivity index (χ0) is 12.9. The van der Waals surface area contributed by atoms with Gasteiger partial charge in [0.05, 0.1) is 6.61 Å². The summed E-state index contributed by atoms with van der Waals surface area (Å²) in [6.07, 6.45) is 1.90. The number of hydrogen-bond acceptors (Lipinski definition) is 2. The topological polar surface area (TPSA) is 12.5 Å². The number of likely N-dealkylation sites (tertiary alicyclic amines) is 1. The predicted octanol–water partition coefficient (Wildman–Crippen LogP) is 3.12. The third kappa shape index (κ3) is 4.22. The summed E-state index contributed by atoms with van der Waals surface area (Å²) < 4.78 is 18.8. The molecule has 1 saturated carbocycles. The number of rotatable bonds is 5. The van der Waals surface area contributed by atoms with Crippen molar-refractivity contribution in [3.8, 4) is 0 Å². The SMILES string of the molecule is CC.CCOCC1(CN2CC(C)C(F)C2)CC1. The maximum absolute atomic E-state index is 13.3. The van der Waals surface area contributed by atoms with Crippen molar-refractivity contribution in [3.05, 3.63) is 0 Å². The van der Waals surface area contributed by atoms with Crippen molar-refractivity contribution in [2.24, 2.45) is 11.3 Å². The molecule has 0 aromatic heterocycles. The van der Waals surface area contributed by atoms with Crippen LogP contribution in [0.4, 0.5) is 4.39 Å². The van der Waals surface area contributed by atoms with E-state index < -0.39 is 6.17 Å². The Kier molecular flexibility index (Phi) is 5.87. The van der Waals surface area contributed by atoms with Gasteiger partial charge in [-0.3, -0.25) is 4.90 Å². The molecule has 2 fully saturated rings. The average molecular weight is 245 g/mol. The number of halogens is 1. The van der Waals surface area contributed by atoms with E-state index in [1.54, 1.807) is 0 Å². The van der Waals surface area contributed by atoms with Crippen LogP contribution >= 0.6 is 0 Å². The van der Waals surface area contributed by atoms with Crippen LogP contribution in [-0.2, 0) is 4.74 Å². The summed E-state index contributed by atoms with van der Waals surface area (Å²) in [5, 5.41) is 0. The third-order valence-electron chi connectivity index (χ3n) is 3.72. The summed E-state index contributed by atoms with van der Waals surface area (Å²) in [4.78, 5) is 2.28. The zero-order valence-corrected chi connectivity index (χ0v) is 11.8. The van der Waals surface area contributed by atoms with Gasteiger partial charge in [-0.1, -0.05) is 20.8 Å². The summed E-state index contributed by atoms with van der Waals surface area (Å²) in [6, 6.07) is 0. The van der Waals surface area contributed by atoms with E-state index in [2.05, 4.69) is 4.90 Å². The van der Waals surface area contributed by atoms with E-state index in [4.69, 9.17) is 4.74 Å². The molecule has 0 aromatic rings. The van der Waals surface area contributed by atoms with Crippen LogP contribution in [-0.4, -0.2) is 43.9 Å². The summed E-state index contributed by atoms with van der Waals surface area (Å²) in [5.74, 6) is 0.216. The highest BCUT2D eigenvalue weighted by atomic mass is 19.1. The normalized spacial score (nSPS) is 30.9. The van der Waals surface area contributed by atoms with Gasteiger partial charge in [0.2, 0.25) is 0 Å². The van der Waals surface area contributed by atoms with Crippen LogP contribution in [0.3, 0.4) is 0 Å². The van der Waals surface area contributed by atoms with Crippen molar-refractivity contribution in [1.82, 2.24) is 4.90 Å². The van der Waals surface area contributed by atoms with E-state index >= 15 is 0 Å². The molecule has 1 aliphatic carbocycles. The molecule has 0 bridgehead atoms. The molecule has 1 saturated heterocycles. The van der Waals surface area contributed by atoms with Crippen LogP contribution in [0.25, 0.3) is 0 Å². The Morgan fingerprint density at radius 1 is 1.29 bits per heavy atom. The first-order valence-corrected chi connectivity index (χ1v) is 7.09. The smallest absolute Gasteiger partial charge is 0.116 e. The zero-order valence-electron chi connectivity index (χ0n) is 11.8. The largest absolute Gasteiger partial charge is 0.381 e.